The van der Waals surface area contributed by atoms with Crippen LogP contribution in [0.25, 0.3) is 0 Å². The van der Waals surface area contributed by atoms with E-state index < -0.39 is 0 Å². The molecule has 15 heavy (non-hydrogen) atoms. The van der Waals surface area contributed by atoms with Crippen LogP contribution in [0.2, 0.25) is 0 Å². The highest BCUT2D eigenvalue weighted by Gasteiger charge is 2.22. The monoisotopic (exact) mass is 212 g/mol. The average molecular weight is 212 g/mol. The molecule has 0 bridgehead atoms. The number of hydrogen-bond donors (Lipinski definition) is 1. The maximum Gasteiger partial charge on any atom is 0.0223 e. The Balaban J connectivity index is 2.52. The van der Waals surface area contributed by atoms with Gasteiger partial charge < -0.3 is 5.32 Å². The van der Waals surface area contributed by atoms with Crippen molar-refractivity contribution in [2.75, 3.05) is 19.6 Å². The van der Waals surface area contributed by atoms with Gasteiger partial charge in [0.05, 0.1) is 0 Å². The van der Waals surface area contributed by atoms with E-state index in [-0.39, 0.29) is 0 Å². The minimum absolute atomic E-state index is 0.678. The zero-order valence-electron chi connectivity index (χ0n) is 10.9. The van der Waals surface area contributed by atoms with Crippen LogP contribution in [0.5, 0.6) is 0 Å². The van der Waals surface area contributed by atoms with Crippen molar-refractivity contribution in [3.63, 3.8) is 0 Å². The van der Waals surface area contributed by atoms with Crippen LogP contribution in [0.3, 0.4) is 0 Å². The fourth-order valence-corrected chi connectivity index (χ4v) is 2.49. The van der Waals surface area contributed by atoms with Gasteiger partial charge >= 0.3 is 0 Å². The first-order chi connectivity index (χ1) is 7.11. The van der Waals surface area contributed by atoms with E-state index in [1.54, 1.807) is 0 Å². The predicted octanol–water partition coefficient (Wildman–Crippen LogP) is 2.49. The highest BCUT2D eigenvalue weighted by atomic mass is 15.2. The highest BCUT2D eigenvalue weighted by molar-refractivity contribution is 4.79. The molecule has 2 heteroatoms. The Kier molecular flexibility index (Phi) is 5.62. The van der Waals surface area contributed by atoms with Crippen molar-refractivity contribution in [2.24, 2.45) is 5.92 Å². The zero-order valence-corrected chi connectivity index (χ0v) is 10.9. The van der Waals surface area contributed by atoms with E-state index in [1.807, 2.05) is 0 Å². The standard InChI is InChI=1S/C13H28N2/c1-11(2)10-15(12(3)4)13-7-5-6-8-14-9-13/h11-14H,5-10H2,1-4H3. The largest absolute Gasteiger partial charge is 0.315 e. The Hall–Kier alpha value is -0.0800. The van der Waals surface area contributed by atoms with E-state index >= 15 is 0 Å². The summed E-state index contributed by atoms with van der Waals surface area (Å²) in [5.74, 6) is 0.774. The van der Waals surface area contributed by atoms with E-state index in [4.69, 9.17) is 0 Å². The SMILES string of the molecule is CC(C)CN(C(C)C)C1CCCCNC1. The second-order valence-electron chi connectivity index (χ2n) is 5.54. The fraction of sp³-hybridized carbons (Fsp3) is 1.00. The molecule has 1 N–H and O–H groups in total. The minimum atomic E-state index is 0.678. The molecule has 1 rings (SSSR count). The van der Waals surface area contributed by atoms with Crippen LogP contribution >= 0.6 is 0 Å². The van der Waals surface area contributed by atoms with Gasteiger partial charge in [0, 0.05) is 25.2 Å². The molecule has 1 fully saturated rings. The lowest BCUT2D eigenvalue weighted by molar-refractivity contribution is 0.129. The summed E-state index contributed by atoms with van der Waals surface area (Å²) < 4.78 is 0. The molecule has 0 spiro atoms. The van der Waals surface area contributed by atoms with Gasteiger partial charge in [-0.2, -0.15) is 0 Å². The van der Waals surface area contributed by atoms with Crippen LogP contribution in [0.1, 0.15) is 47.0 Å². The summed E-state index contributed by atoms with van der Waals surface area (Å²) in [6, 6.07) is 1.44. The predicted molar refractivity (Wildman–Crippen MR) is 67.2 cm³/mol. The molecular weight excluding hydrogens is 184 g/mol. The van der Waals surface area contributed by atoms with Crippen molar-refractivity contribution >= 4 is 0 Å². The molecule has 0 saturated carbocycles. The van der Waals surface area contributed by atoms with Gasteiger partial charge in [0.2, 0.25) is 0 Å². The smallest absolute Gasteiger partial charge is 0.0223 e. The second-order valence-corrected chi connectivity index (χ2v) is 5.54. The van der Waals surface area contributed by atoms with Crippen LogP contribution in [0.4, 0.5) is 0 Å². The Morgan fingerprint density at radius 1 is 1.20 bits per heavy atom. The van der Waals surface area contributed by atoms with Gasteiger partial charge in [0.15, 0.2) is 0 Å². The maximum absolute atomic E-state index is 3.56. The first kappa shape index (κ1) is 13.0. The fourth-order valence-electron chi connectivity index (χ4n) is 2.49. The van der Waals surface area contributed by atoms with Crippen molar-refractivity contribution < 1.29 is 0 Å². The van der Waals surface area contributed by atoms with Crippen LogP contribution in [-0.2, 0) is 0 Å². The minimum Gasteiger partial charge on any atom is -0.315 e. The van der Waals surface area contributed by atoms with Gasteiger partial charge in [-0.1, -0.05) is 20.3 Å². The molecule has 1 aliphatic heterocycles. The molecule has 0 amide bonds. The van der Waals surface area contributed by atoms with Gasteiger partial charge in [-0.3, -0.25) is 4.90 Å². The Morgan fingerprint density at radius 3 is 2.53 bits per heavy atom. The lowest BCUT2D eigenvalue weighted by Crippen LogP contribution is -2.46. The first-order valence-electron chi connectivity index (χ1n) is 6.57. The lowest BCUT2D eigenvalue weighted by atomic mass is 10.1. The summed E-state index contributed by atoms with van der Waals surface area (Å²) in [6.45, 7) is 12.9. The Labute approximate surface area is 95.4 Å². The topological polar surface area (TPSA) is 15.3 Å². The van der Waals surface area contributed by atoms with Gasteiger partial charge in [-0.05, 0) is 39.2 Å². The third-order valence-electron chi connectivity index (χ3n) is 3.23. The van der Waals surface area contributed by atoms with E-state index in [2.05, 4.69) is 37.9 Å². The molecule has 1 unspecified atom stereocenters. The quantitative estimate of drug-likeness (QED) is 0.770. The molecule has 1 aliphatic rings. The zero-order chi connectivity index (χ0) is 11.3. The molecule has 1 atom stereocenters. The summed E-state index contributed by atoms with van der Waals surface area (Å²) >= 11 is 0. The van der Waals surface area contributed by atoms with Crippen molar-refractivity contribution in [1.82, 2.24) is 10.2 Å². The summed E-state index contributed by atoms with van der Waals surface area (Å²) in [5, 5.41) is 3.56. The van der Waals surface area contributed by atoms with Crippen LogP contribution in [-0.4, -0.2) is 36.6 Å². The summed E-state index contributed by atoms with van der Waals surface area (Å²) in [5.41, 5.74) is 0. The molecule has 0 aromatic carbocycles. The summed E-state index contributed by atoms with van der Waals surface area (Å²) in [6.07, 6.45) is 4.11. The number of nitrogens with one attached hydrogen (secondary N) is 1. The van der Waals surface area contributed by atoms with Gasteiger partial charge in [0.1, 0.15) is 0 Å². The van der Waals surface area contributed by atoms with E-state index in [1.165, 1.54) is 38.9 Å². The van der Waals surface area contributed by atoms with Crippen molar-refractivity contribution in [1.29, 1.82) is 0 Å². The normalized spacial score (nSPS) is 23.8. The highest BCUT2D eigenvalue weighted by Crippen LogP contribution is 2.16. The third-order valence-corrected chi connectivity index (χ3v) is 3.23. The lowest BCUT2D eigenvalue weighted by Gasteiger charge is -2.35. The number of rotatable bonds is 4. The molecule has 1 heterocycles. The second kappa shape index (κ2) is 6.49. The van der Waals surface area contributed by atoms with Crippen LogP contribution in [0.15, 0.2) is 0 Å². The van der Waals surface area contributed by atoms with Crippen molar-refractivity contribution in [3.8, 4) is 0 Å². The molecule has 90 valence electrons. The average Bonchev–Trinajstić information content (AvgIpc) is 2.41. The Morgan fingerprint density at radius 2 is 1.93 bits per heavy atom. The molecule has 0 aromatic rings. The van der Waals surface area contributed by atoms with Gasteiger partial charge in [0.25, 0.3) is 0 Å². The third kappa shape index (κ3) is 4.52. The van der Waals surface area contributed by atoms with E-state index in [0.29, 0.717) is 6.04 Å². The molecule has 1 saturated heterocycles. The van der Waals surface area contributed by atoms with Crippen molar-refractivity contribution in [2.45, 2.75) is 59.0 Å². The van der Waals surface area contributed by atoms with Crippen LogP contribution < -0.4 is 5.32 Å². The number of nitrogens with zero attached hydrogens (tertiary/aromatic N) is 1. The van der Waals surface area contributed by atoms with Gasteiger partial charge in [-0.15, -0.1) is 0 Å². The first-order valence-corrected chi connectivity index (χ1v) is 6.57. The van der Waals surface area contributed by atoms with Gasteiger partial charge in [-0.25, -0.2) is 0 Å². The Bertz CT molecular complexity index is 158. The van der Waals surface area contributed by atoms with Crippen LogP contribution in [0, 0.1) is 5.92 Å². The molecular formula is C13H28N2. The number of hydrogen-bond acceptors (Lipinski definition) is 2. The molecule has 0 aliphatic carbocycles. The van der Waals surface area contributed by atoms with E-state index in [0.717, 1.165) is 12.0 Å². The molecule has 0 radical (unpaired) electrons. The molecule has 2 nitrogen and oxygen atoms in total. The van der Waals surface area contributed by atoms with Crippen molar-refractivity contribution in [3.05, 3.63) is 0 Å². The molecule has 0 aromatic heterocycles. The van der Waals surface area contributed by atoms with E-state index in [9.17, 15) is 0 Å². The maximum atomic E-state index is 3.56. The summed E-state index contributed by atoms with van der Waals surface area (Å²) in [7, 11) is 0. The summed E-state index contributed by atoms with van der Waals surface area (Å²) in [4.78, 5) is 2.68.